The maximum Gasteiger partial charge on any atom is 0.262 e. The minimum atomic E-state index is -0.0474. The first-order chi connectivity index (χ1) is 12.0. The van der Waals surface area contributed by atoms with Crippen LogP contribution >= 0.6 is 39.0 Å². The van der Waals surface area contributed by atoms with Gasteiger partial charge >= 0.3 is 0 Å². The summed E-state index contributed by atoms with van der Waals surface area (Å²) in [4.78, 5) is 30.6. The molecule has 4 nitrogen and oxygen atoms in total. The highest BCUT2D eigenvalue weighted by Gasteiger charge is 2.17. The van der Waals surface area contributed by atoms with Crippen molar-refractivity contribution < 1.29 is 4.79 Å². The van der Waals surface area contributed by atoms with E-state index in [1.54, 1.807) is 10.6 Å². The topological polar surface area (TPSA) is 52.0 Å². The van der Waals surface area contributed by atoms with Crippen LogP contribution in [-0.4, -0.2) is 21.1 Å². The first kappa shape index (κ1) is 18.4. The molecule has 0 spiro atoms. The summed E-state index contributed by atoms with van der Waals surface area (Å²) in [7, 11) is 0. The zero-order valence-corrected chi connectivity index (χ0v) is 17.1. The van der Waals surface area contributed by atoms with Gasteiger partial charge in [-0.05, 0) is 53.5 Å². The summed E-state index contributed by atoms with van der Waals surface area (Å²) in [5.41, 5.74) is 0.620. The highest BCUT2D eigenvalue weighted by molar-refractivity contribution is 9.11. The maximum absolute atomic E-state index is 12.9. The van der Waals surface area contributed by atoms with Crippen molar-refractivity contribution in [1.82, 2.24) is 9.55 Å². The van der Waals surface area contributed by atoms with Gasteiger partial charge in [-0.25, -0.2) is 4.98 Å². The summed E-state index contributed by atoms with van der Waals surface area (Å²) in [6.07, 6.45) is 0.819. The molecule has 0 aliphatic rings. The lowest BCUT2D eigenvalue weighted by molar-refractivity contribution is 0.102. The smallest absolute Gasteiger partial charge is 0.262 e. The molecular formula is C18H17BrN2O2S2. The van der Waals surface area contributed by atoms with Crippen LogP contribution in [0.2, 0.25) is 0 Å². The molecule has 0 aliphatic carbocycles. The number of ketones is 1. The maximum atomic E-state index is 12.9. The van der Waals surface area contributed by atoms with Gasteiger partial charge in [0, 0.05) is 6.04 Å². The van der Waals surface area contributed by atoms with Crippen molar-refractivity contribution in [1.29, 1.82) is 0 Å². The molecule has 3 aromatic rings. The Morgan fingerprint density at radius 2 is 2.08 bits per heavy atom. The minimum absolute atomic E-state index is 0.0260. The highest BCUT2D eigenvalue weighted by Crippen LogP contribution is 2.26. The molecule has 0 bridgehead atoms. The Kier molecular flexibility index (Phi) is 5.76. The Morgan fingerprint density at radius 3 is 2.76 bits per heavy atom. The molecule has 7 heteroatoms. The van der Waals surface area contributed by atoms with Crippen LogP contribution in [0.15, 0.2) is 50.1 Å². The van der Waals surface area contributed by atoms with E-state index in [-0.39, 0.29) is 23.1 Å². The lowest BCUT2D eigenvalue weighted by Crippen LogP contribution is -2.26. The Balaban J connectivity index is 1.96. The van der Waals surface area contributed by atoms with Crippen molar-refractivity contribution in [2.24, 2.45) is 0 Å². The number of carbonyl (C=O) groups is 1. The molecule has 0 aliphatic heterocycles. The Hall–Kier alpha value is -1.44. The number of halogens is 1. The zero-order valence-electron chi connectivity index (χ0n) is 13.9. The molecule has 0 amide bonds. The molecule has 25 heavy (non-hydrogen) atoms. The van der Waals surface area contributed by atoms with Crippen LogP contribution in [0.5, 0.6) is 0 Å². The second-order valence-corrected chi connectivity index (χ2v) is 9.07. The number of Topliss-reactive ketones (excluding diaryl/α,β-unsaturated/α-hetero) is 1. The van der Waals surface area contributed by atoms with Crippen LogP contribution in [0, 0.1) is 0 Å². The monoisotopic (exact) mass is 436 g/mol. The van der Waals surface area contributed by atoms with Crippen molar-refractivity contribution in [3.63, 3.8) is 0 Å². The molecule has 130 valence electrons. The van der Waals surface area contributed by atoms with Gasteiger partial charge in [-0.2, -0.15) is 0 Å². The number of rotatable bonds is 6. The van der Waals surface area contributed by atoms with E-state index in [2.05, 4.69) is 20.9 Å². The van der Waals surface area contributed by atoms with Gasteiger partial charge in [-0.3, -0.25) is 14.2 Å². The third-order valence-electron chi connectivity index (χ3n) is 3.99. The van der Waals surface area contributed by atoms with E-state index in [1.807, 2.05) is 44.2 Å². The van der Waals surface area contributed by atoms with Crippen LogP contribution in [0.25, 0.3) is 10.9 Å². The Bertz CT molecular complexity index is 981. The van der Waals surface area contributed by atoms with Gasteiger partial charge in [0.2, 0.25) is 0 Å². The number of hydrogen-bond donors (Lipinski definition) is 0. The first-order valence-corrected chi connectivity index (χ1v) is 10.5. The molecule has 2 aromatic heterocycles. The second kappa shape index (κ2) is 7.85. The standard InChI is InChI=1S/C18H17BrN2O2S2/c1-3-11(2)21-17(23)12-6-4-5-7-13(12)20-18(21)24-10-14(22)15-8-9-16(19)25-15/h4-9,11H,3,10H2,1-2H3/t11-/m0/s1. The van der Waals surface area contributed by atoms with Crippen molar-refractivity contribution in [3.8, 4) is 0 Å². The molecule has 2 heterocycles. The van der Waals surface area contributed by atoms with Crippen LogP contribution in [0.4, 0.5) is 0 Å². The molecule has 0 radical (unpaired) electrons. The molecule has 0 fully saturated rings. The molecule has 0 unspecified atom stereocenters. The fourth-order valence-electron chi connectivity index (χ4n) is 2.46. The lowest BCUT2D eigenvalue weighted by atomic mass is 10.2. The number of fused-ring (bicyclic) bond motifs is 1. The van der Waals surface area contributed by atoms with Crippen molar-refractivity contribution >= 4 is 55.7 Å². The fourth-order valence-corrected chi connectivity index (χ4v) is 4.86. The van der Waals surface area contributed by atoms with E-state index < -0.39 is 0 Å². The van der Waals surface area contributed by atoms with E-state index in [1.165, 1.54) is 23.1 Å². The Morgan fingerprint density at radius 1 is 1.32 bits per heavy atom. The Labute approximate surface area is 162 Å². The SMILES string of the molecule is CC[C@H](C)n1c(SCC(=O)c2ccc(Br)s2)nc2ccccc2c1=O. The van der Waals surface area contributed by atoms with E-state index in [4.69, 9.17) is 0 Å². The van der Waals surface area contributed by atoms with Gasteiger partial charge in [-0.15, -0.1) is 11.3 Å². The number of carbonyl (C=O) groups excluding carboxylic acids is 1. The summed E-state index contributed by atoms with van der Waals surface area (Å²) in [6.45, 7) is 4.04. The molecule has 0 saturated carbocycles. The molecule has 1 atom stereocenters. The van der Waals surface area contributed by atoms with Gasteiger partial charge < -0.3 is 0 Å². The van der Waals surface area contributed by atoms with E-state index in [0.717, 1.165) is 10.2 Å². The van der Waals surface area contributed by atoms with Crippen molar-refractivity contribution in [2.45, 2.75) is 31.5 Å². The van der Waals surface area contributed by atoms with Crippen LogP contribution in [0.3, 0.4) is 0 Å². The molecule has 0 N–H and O–H groups in total. The molecule has 3 rings (SSSR count). The van der Waals surface area contributed by atoms with E-state index in [0.29, 0.717) is 20.9 Å². The summed E-state index contributed by atoms with van der Waals surface area (Å²) in [6, 6.07) is 11.0. The summed E-state index contributed by atoms with van der Waals surface area (Å²) >= 11 is 6.12. The van der Waals surface area contributed by atoms with Gasteiger partial charge in [0.05, 0.1) is 25.3 Å². The number of thioether (sulfide) groups is 1. The van der Waals surface area contributed by atoms with E-state index >= 15 is 0 Å². The average molecular weight is 437 g/mol. The normalized spacial score (nSPS) is 12.4. The largest absolute Gasteiger partial charge is 0.292 e. The number of thiophene rings is 1. The lowest BCUT2D eigenvalue weighted by Gasteiger charge is -2.18. The highest BCUT2D eigenvalue weighted by atomic mass is 79.9. The third kappa shape index (κ3) is 3.88. The zero-order chi connectivity index (χ0) is 18.0. The van der Waals surface area contributed by atoms with Crippen LogP contribution < -0.4 is 5.56 Å². The molecular weight excluding hydrogens is 420 g/mol. The first-order valence-electron chi connectivity index (χ1n) is 7.94. The van der Waals surface area contributed by atoms with E-state index in [9.17, 15) is 9.59 Å². The summed E-state index contributed by atoms with van der Waals surface area (Å²) in [5.74, 6) is 0.299. The minimum Gasteiger partial charge on any atom is -0.292 e. The number of para-hydroxylation sites is 1. The van der Waals surface area contributed by atoms with Gasteiger partial charge in [0.1, 0.15) is 0 Å². The van der Waals surface area contributed by atoms with Gasteiger partial charge in [0.25, 0.3) is 5.56 Å². The van der Waals surface area contributed by atoms with Gasteiger partial charge in [-0.1, -0.05) is 30.8 Å². The molecule has 1 aromatic carbocycles. The summed E-state index contributed by atoms with van der Waals surface area (Å²) < 4.78 is 2.64. The number of nitrogens with zero attached hydrogens (tertiary/aromatic N) is 2. The number of benzene rings is 1. The third-order valence-corrected chi connectivity index (χ3v) is 6.60. The molecule has 0 saturated heterocycles. The quantitative estimate of drug-likeness (QED) is 0.304. The second-order valence-electron chi connectivity index (χ2n) is 5.66. The summed E-state index contributed by atoms with van der Waals surface area (Å²) in [5, 5.41) is 1.21. The van der Waals surface area contributed by atoms with Crippen molar-refractivity contribution in [2.75, 3.05) is 5.75 Å². The fraction of sp³-hybridized carbons (Fsp3) is 0.278. The number of hydrogen-bond acceptors (Lipinski definition) is 5. The predicted octanol–water partition coefficient (Wildman–Crippen LogP) is 5.17. The van der Waals surface area contributed by atoms with Gasteiger partial charge in [0.15, 0.2) is 10.9 Å². The average Bonchev–Trinajstić information content (AvgIpc) is 3.05. The van der Waals surface area contributed by atoms with Crippen molar-refractivity contribution in [3.05, 3.63) is 55.4 Å². The van der Waals surface area contributed by atoms with Crippen LogP contribution in [-0.2, 0) is 0 Å². The predicted molar refractivity (Wildman–Crippen MR) is 108 cm³/mol. The number of aromatic nitrogens is 2. The van der Waals surface area contributed by atoms with Crippen LogP contribution in [0.1, 0.15) is 36.0 Å².